The summed E-state index contributed by atoms with van der Waals surface area (Å²) >= 11 is 3.14. The van der Waals surface area contributed by atoms with Gasteiger partial charge in [-0.2, -0.15) is 0 Å². The van der Waals surface area contributed by atoms with Gasteiger partial charge in [-0.15, -0.1) is 0 Å². The van der Waals surface area contributed by atoms with Gasteiger partial charge < -0.3 is 10.1 Å². The normalized spacial score (nSPS) is 10.4. The van der Waals surface area contributed by atoms with E-state index in [-0.39, 0.29) is 5.82 Å². The predicted octanol–water partition coefficient (Wildman–Crippen LogP) is 5.38. The SMILES string of the molecule is CCCCOc1ccc(CNc2ccc(Br)c(F)c2)cc1. The molecule has 4 heteroatoms. The third-order valence-electron chi connectivity index (χ3n) is 3.11. The number of hydrogen-bond donors (Lipinski definition) is 1. The van der Waals surface area contributed by atoms with Gasteiger partial charge in [0, 0.05) is 12.2 Å². The van der Waals surface area contributed by atoms with Crippen LogP contribution in [0.15, 0.2) is 46.9 Å². The number of ether oxygens (including phenoxy) is 1. The molecule has 0 heterocycles. The van der Waals surface area contributed by atoms with Crippen LogP contribution in [0.2, 0.25) is 0 Å². The highest BCUT2D eigenvalue weighted by Gasteiger charge is 2.01. The van der Waals surface area contributed by atoms with Crippen LogP contribution in [0.5, 0.6) is 5.75 Å². The van der Waals surface area contributed by atoms with Crippen molar-refractivity contribution in [1.82, 2.24) is 0 Å². The van der Waals surface area contributed by atoms with E-state index in [1.807, 2.05) is 30.3 Å². The number of nitrogens with one attached hydrogen (secondary N) is 1. The Morgan fingerprint density at radius 3 is 2.57 bits per heavy atom. The van der Waals surface area contributed by atoms with E-state index in [2.05, 4.69) is 28.2 Å². The lowest BCUT2D eigenvalue weighted by atomic mass is 10.2. The maximum Gasteiger partial charge on any atom is 0.139 e. The molecule has 2 aromatic carbocycles. The number of benzene rings is 2. The van der Waals surface area contributed by atoms with Crippen LogP contribution in [0, 0.1) is 5.82 Å². The molecule has 0 saturated carbocycles. The summed E-state index contributed by atoms with van der Waals surface area (Å²) in [6.07, 6.45) is 2.20. The van der Waals surface area contributed by atoms with Gasteiger partial charge in [0.25, 0.3) is 0 Å². The lowest BCUT2D eigenvalue weighted by Gasteiger charge is -2.09. The molecule has 0 unspecified atom stereocenters. The molecule has 0 aromatic heterocycles. The standard InChI is InChI=1S/C17H19BrFNO/c1-2-3-10-21-15-7-4-13(5-8-15)12-20-14-6-9-16(18)17(19)11-14/h4-9,11,20H,2-3,10,12H2,1H3. The van der Waals surface area contributed by atoms with Crippen LogP contribution in [0.4, 0.5) is 10.1 Å². The van der Waals surface area contributed by atoms with Gasteiger partial charge >= 0.3 is 0 Å². The maximum absolute atomic E-state index is 13.4. The summed E-state index contributed by atoms with van der Waals surface area (Å²) in [6, 6.07) is 13.0. The monoisotopic (exact) mass is 351 g/mol. The molecule has 0 spiro atoms. The molecule has 0 saturated heterocycles. The lowest BCUT2D eigenvalue weighted by molar-refractivity contribution is 0.309. The van der Waals surface area contributed by atoms with Gasteiger partial charge in [-0.25, -0.2) is 4.39 Å². The fourth-order valence-electron chi connectivity index (χ4n) is 1.85. The molecule has 0 aliphatic carbocycles. The molecule has 0 fully saturated rings. The molecule has 0 atom stereocenters. The Labute approximate surface area is 133 Å². The lowest BCUT2D eigenvalue weighted by Crippen LogP contribution is -2.00. The third kappa shape index (κ3) is 5.05. The predicted molar refractivity (Wildman–Crippen MR) is 88.3 cm³/mol. The van der Waals surface area contributed by atoms with Gasteiger partial charge in [-0.05, 0) is 58.2 Å². The first kappa shape index (κ1) is 15.8. The second kappa shape index (κ2) is 8.03. The number of rotatable bonds is 7. The molecule has 0 bridgehead atoms. The maximum atomic E-state index is 13.4. The van der Waals surface area contributed by atoms with Crippen molar-refractivity contribution >= 4 is 21.6 Å². The Bertz CT molecular complexity index is 572. The first-order chi connectivity index (χ1) is 10.2. The molecule has 2 rings (SSSR count). The van der Waals surface area contributed by atoms with Crippen molar-refractivity contribution in [3.8, 4) is 5.75 Å². The first-order valence-corrected chi connectivity index (χ1v) is 7.89. The van der Waals surface area contributed by atoms with Crippen LogP contribution in [-0.2, 0) is 6.54 Å². The summed E-state index contributed by atoms with van der Waals surface area (Å²) in [5.74, 6) is 0.626. The van der Waals surface area contributed by atoms with Gasteiger partial charge in [0.15, 0.2) is 0 Å². The van der Waals surface area contributed by atoms with E-state index in [1.165, 1.54) is 6.07 Å². The minimum absolute atomic E-state index is 0.264. The van der Waals surface area contributed by atoms with Crippen LogP contribution >= 0.6 is 15.9 Å². The topological polar surface area (TPSA) is 21.3 Å². The first-order valence-electron chi connectivity index (χ1n) is 7.09. The van der Waals surface area contributed by atoms with Gasteiger partial charge in [-0.3, -0.25) is 0 Å². The molecular weight excluding hydrogens is 333 g/mol. The average molecular weight is 352 g/mol. The Hall–Kier alpha value is -1.55. The molecule has 21 heavy (non-hydrogen) atoms. The van der Waals surface area contributed by atoms with E-state index in [0.717, 1.165) is 36.4 Å². The largest absolute Gasteiger partial charge is 0.494 e. The van der Waals surface area contributed by atoms with Crippen LogP contribution in [-0.4, -0.2) is 6.61 Å². The second-order valence-electron chi connectivity index (χ2n) is 4.83. The Balaban J connectivity index is 1.86. The Kier molecular flexibility index (Phi) is 6.05. The number of anilines is 1. The molecule has 0 amide bonds. The fraction of sp³-hybridized carbons (Fsp3) is 0.294. The van der Waals surface area contributed by atoms with E-state index in [0.29, 0.717) is 11.0 Å². The summed E-state index contributed by atoms with van der Waals surface area (Å²) < 4.78 is 19.5. The number of unbranched alkanes of at least 4 members (excludes halogenated alkanes) is 1. The molecule has 112 valence electrons. The van der Waals surface area contributed by atoms with Gasteiger partial charge in [0.1, 0.15) is 11.6 Å². The van der Waals surface area contributed by atoms with Crippen molar-refractivity contribution in [2.75, 3.05) is 11.9 Å². The molecule has 0 aliphatic rings. The summed E-state index contributed by atoms with van der Waals surface area (Å²) in [5.41, 5.74) is 1.89. The highest BCUT2D eigenvalue weighted by Crippen LogP contribution is 2.20. The number of hydrogen-bond acceptors (Lipinski definition) is 2. The van der Waals surface area contributed by atoms with E-state index < -0.39 is 0 Å². The fourth-order valence-corrected chi connectivity index (χ4v) is 2.09. The molecule has 2 aromatic rings. The summed E-state index contributed by atoms with van der Waals surface area (Å²) in [7, 11) is 0. The van der Waals surface area contributed by atoms with Crippen LogP contribution < -0.4 is 10.1 Å². The third-order valence-corrected chi connectivity index (χ3v) is 3.75. The van der Waals surface area contributed by atoms with Crippen molar-refractivity contribution in [3.05, 3.63) is 58.3 Å². The van der Waals surface area contributed by atoms with Crippen LogP contribution in [0.1, 0.15) is 25.3 Å². The van der Waals surface area contributed by atoms with Gasteiger partial charge in [-0.1, -0.05) is 25.5 Å². The van der Waals surface area contributed by atoms with E-state index >= 15 is 0 Å². The van der Waals surface area contributed by atoms with E-state index in [1.54, 1.807) is 6.07 Å². The van der Waals surface area contributed by atoms with Crippen LogP contribution in [0.25, 0.3) is 0 Å². The number of halogens is 2. The van der Waals surface area contributed by atoms with Crippen molar-refractivity contribution < 1.29 is 9.13 Å². The molecular formula is C17H19BrFNO. The van der Waals surface area contributed by atoms with Gasteiger partial charge in [0.05, 0.1) is 11.1 Å². The quantitative estimate of drug-likeness (QED) is 0.676. The zero-order valence-corrected chi connectivity index (χ0v) is 13.6. The summed E-state index contributed by atoms with van der Waals surface area (Å²) in [5, 5.41) is 3.20. The van der Waals surface area contributed by atoms with Gasteiger partial charge in [0.2, 0.25) is 0 Å². The smallest absolute Gasteiger partial charge is 0.139 e. The minimum atomic E-state index is -0.264. The molecule has 0 aliphatic heterocycles. The summed E-state index contributed by atoms with van der Waals surface area (Å²) in [4.78, 5) is 0. The molecule has 1 N–H and O–H groups in total. The van der Waals surface area contributed by atoms with Crippen molar-refractivity contribution in [2.45, 2.75) is 26.3 Å². The molecule has 0 radical (unpaired) electrons. The van der Waals surface area contributed by atoms with E-state index in [4.69, 9.17) is 4.74 Å². The van der Waals surface area contributed by atoms with Crippen molar-refractivity contribution in [2.24, 2.45) is 0 Å². The average Bonchev–Trinajstić information content (AvgIpc) is 2.50. The zero-order valence-electron chi connectivity index (χ0n) is 12.0. The van der Waals surface area contributed by atoms with Crippen molar-refractivity contribution in [1.29, 1.82) is 0 Å². The van der Waals surface area contributed by atoms with Crippen LogP contribution in [0.3, 0.4) is 0 Å². The van der Waals surface area contributed by atoms with Crippen molar-refractivity contribution in [3.63, 3.8) is 0 Å². The molecule has 2 nitrogen and oxygen atoms in total. The second-order valence-corrected chi connectivity index (χ2v) is 5.68. The highest BCUT2D eigenvalue weighted by atomic mass is 79.9. The van der Waals surface area contributed by atoms with E-state index in [9.17, 15) is 4.39 Å². The zero-order chi connectivity index (χ0) is 15.1. The Morgan fingerprint density at radius 2 is 1.90 bits per heavy atom. The summed E-state index contributed by atoms with van der Waals surface area (Å²) in [6.45, 7) is 3.55. The highest BCUT2D eigenvalue weighted by molar-refractivity contribution is 9.10. The Morgan fingerprint density at radius 1 is 1.14 bits per heavy atom. The minimum Gasteiger partial charge on any atom is -0.494 e.